The molecule has 1 rings (SSSR count). The van der Waals surface area contributed by atoms with Crippen LogP contribution in [0.3, 0.4) is 0 Å². The van der Waals surface area contributed by atoms with E-state index in [0.717, 1.165) is 0 Å². The van der Waals surface area contributed by atoms with Crippen LogP contribution in [0.4, 0.5) is 4.39 Å². The van der Waals surface area contributed by atoms with Crippen LogP contribution < -0.4 is 15.6 Å². The molecule has 0 aromatic heterocycles. The highest BCUT2D eigenvalue weighted by Gasteiger charge is 2.16. The molecule has 5 nitrogen and oxygen atoms in total. The van der Waals surface area contributed by atoms with E-state index in [1.165, 1.54) is 36.9 Å². The van der Waals surface area contributed by atoms with Gasteiger partial charge >= 0.3 is 0 Å². The average molecular weight is 286 g/mol. The molecule has 0 aliphatic rings. The number of halogens is 1. The van der Waals surface area contributed by atoms with Gasteiger partial charge in [-0.1, -0.05) is 12.1 Å². The molecule has 2 N–H and O–H groups in total. The lowest BCUT2D eigenvalue weighted by atomic mass is 10.3. The van der Waals surface area contributed by atoms with Crippen molar-refractivity contribution in [2.24, 2.45) is 0 Å². The summed E-state index contributed by atoms with van der Waals surface area (Å²) in [7, 11) is 0. The highest BCUT2D eigenvalue weighted by molar-refractivity contribution is 7.99. The third kappa shape index (κ3) is 5.17. The van der Waals surface area contributed by atoms with Crippen molar-refractivity contribution in [1.29, 1.82) is 0 Å². The van der Waals surface area contributed by atoms with E-state index in [-0.39, 0.29) is 17.4 Å². The molecule has 1 atom stereocenters. The summed E-state index contributed by atoms with van der Waals surface area (Å²) in [6, 6.07) is 5.78. The Kier molecular flexibility index (Phi) is 6.14. The van der Waals surface area contributed by atoms with Crippen LogP contribution in [0.15, 0.2) is 24.3 Å². The number of nitrogens with one attached hydrogen (secondary N) is 2. The molecule has 0 heterocycles. The number of ether oxygens (including phenoxy) is 1. The maximum atomic E-state index is 13.3. The maximum absolute atomic E-state index is 13.3. The molecular weight excluding hydrogens is 271 g/mol. The van der Waals surface area contributed by atoms with E-state index in [9.17, 15) is 14.0 Å². The van der Waals surface area contributed by atoms with Gasteiger partial charge in [-0.05, 0) is 25.3 Å². The minimum atomic E-state index is -0.925. The number of carbonyl (C=O) groups is 2. The van der Waals surface area contributed by atoms with Gasteiger partial charge in [0.05, 0.1) is 5.75 Å². The number of hydrogen-bond acceptors (Lipinski definition) is 4. The molecule has 104 valence electrons. The molecule has 1 aromatic carbocycles. The van der Waals surface area contributed by atoms with Crippen molar-refractivity contribution in [3.05, 3.63) is 30.1 Å². The Balaban J connectivity index is 2.45. The smallest absolute Gasteiger partial charge is 0.279 e. The van der Waals surface area contributed by atoms with Crippen molar-refractivity contribution in [2.75, 3.05) is 12.0 Å². The minimum absolute atomic E-state index is 0.0133. The Bertz CT molecular complexity index is 456. The lowest BCUT2D eigenvalue weighted by Crippen LogP contribution is -2.47. The van der Waals surface area contributed by atoms with Crippen LogP contribution in [-0.4, -0.2) is 29.9 Å². The van der Waals surface area contributed by atoms with Gasteiger partial charge in [-0.2, -0.15) is 11.8 Å². The Hall–Kier alpha value is -1.76. The zero-order valence-electron chi connectivity index (χ0n) is 10.6. The second-order valence-electron chi connectivity index (χ2n) is 3.66. The van der Waals surface area contributed by atoms with Gasteiger partial charge < -0.3 is 4.74 Å². The molecule has 0 fully saturated rings. The predicted molar refractivity (Wildman–Crippen MR) is 71.2 cm³/mol. The summed E-state index contributed by atoms with van der Waals surface area (Å²) in [6.07, 6.45) is 0.845. The zero-order valence-corrected chi connectivity index (χ0v) is 11.4. The average Bonchev–Trinajstić information content (AvgIpc) is 2.39. The molecule has 0 spiro atoms. The molecule has 2 amide bonds. The van der Waals surface area contributed by atoms with Crippen LogP contribution >= 0.6 is 11.8 Å². The molecule has 0 saturated heterocycles. The van der Waals surface area contributed by atoms with Crippen molar-refractivity contribution in [3.63, 3.8) is 0 Å². The summed E-state index contributed by atoms with van der Waals surface area (Å²) in [5.74, 6) is -1.20. The largest absolute Gasteiger partial charge is 0.478 e. The molecule has 0 aliphatic carbocycles. The number of rotatable bonds is 5. The lowest BCUT2D eigenvalue weighted by molar-refractivity contribution is -0.132. The van der Waals surface area contributed by atoms with E-state index in [4.69, 9.17) is 4.74 Å². The number of amides is 2. The number of hydrazine groups is 1. The van der Waals surface area contributed by atoms with E-state index < -0.39 is 17.8 Å². The molecule has 19 heavy (non-hydrogen) atoms. The Morgan fingerprint density at radius 3 is 2.68 bits per heavy atom. The van der Waals surface area contributed by atoms with Gasteiger partial charge in [-0.3, -0.25) is 20.4 Å². The quantitative estimate of drug-likeness (QED) is 0.796. The predicted octanol–water partition coefficient (Wildman–Crippen LogP) is 1.10. The van der Waals surface area contributed by atoms with Gasteiger partial charge in [0, 0.05) is 0 Å². The third-order valence-corrected chi connectivity index (χ3v) is 2.66. The SMILES string of the molecule is CSCC(=O)NNC(=O)[C@H](C)Oc1ccccc1F. The molecule has 1 aromatic rings. The number of carbonyl (C=O) groups excluding carboxylic acids is 2. The topological polar surface area (TPSA) is 67.4 Å². The van der Waals surface area contributed by atoms with Crippen molar-refractivity contribution < 1.29 is 18.7 Å². The van der Waals surface area contributed by atoms with Crippen LogP contribution in [0.2, 0.25) is 0 Å². The normalized spacial score (nSPS) is 11.5. The number of hydrogen-bond donors (Lipinski definition) is 2. The van der Waals surface area contributed by atoms with Gasteiger partial charge in [-0.25, -0.2) is 4.39 Å². The number of thioether (sulfide) groups is 1. The summed E-state index contributed by atoms with van der Waals surface area (Å²) in [6.45, 7) is 1.46. The Morgan fingerprint density at radius 1 is 1.37 bits per heavy atom. The highest BCUT2D eigenvalue weighted by atomic mass is 32.2. The molecule has 0 bridgehead atoms. The van der Waals surface area contributed by atoms with Crippen molar-refractivity contribution in [2.45, 2.75) is 13.0 Å². The van der Waals surface area contributed by atoms with Crippen LogP contribution in [-0.2, 0) is 9.59 Å². The van der Waals surface area contributed by atoms with Crippen molar-refractivity contribution in [3.8, 4) is 5.75 Å². The molecule has 0 aliphatic heterocycles. The zero-order chi connectivity index (χ0) is 14.3. The first-order valence-corrected chi connectivity index (χ1v) is 6.92. The fourth-order valence-corrected chi connectivity index (χ4v) is 1.52. The van der Waals surface area contributed by atoms with Gasteiger partial charge in [0.15, 0.2) is 17.7 Å². The van der Waals surface area contributed by atoms with E-state index in [1.807, 2.05) is 0 Å². The second kappa shape index (κ2) is 7.63. The van der Waals surface area contributed by atoms with Gasteiger partial charge in [-0.15, -0.1) is 0 Å². The Labute approximate surface area is 114 Å². The first-order chi connectivity index (χ1) is 9.04. The first-order valence-electron chi connectivity index (χ1n) is 5.53. The van der Waals surface area contributed by atoms with Crippen molar-refractivity contribution in [1.82, 2.24) is 10.9 Å². The lowest BCUT2D eigenvalue weighted by Gasteiger charge is -2.15. The standard InChI is InChI=1S/C12H15FN2O3S/c1-8(12(17)15-14-11(16)7-19-2)18-10-6-4-3-5-9(10)13/h3-6,8H,7H2,1-2H3,(H,14,16)(H,15,17)/t8-/m0/s1. The number of para-hydroxylation sites is 1. The fraction of sp³-hybridized carbons (Fsp3) is 0.333. The van der Waals surface area contributed by atoms with Crippen molar-refractivity contribution >= 4 is 23.6 Å². The summed E-state index contributed by atoms with van der Waals surface area (Å²) >= 11 is 1.33. The van der Waals surface area contributed by atoms with E-state index in [2.05, 4.69) is 10.9 Å². The van der Waals surface area contributed by atoms with E-state index in [0.29, 0.717) is 0 Å². The molecule has 0 radical (unpaired) electrons. The second-order valence-corrected chi connectivity index (χ2v) is 4.53. The van der Waals surface area contributed by atoms with E-state index >= 15 is 0 Å². The fourth-order valence-electron chi connectivity index (χ4n) is 1.18. The molecular formula is C12H15FN2O3S. The Morgan fingerprint density at radius 2 is 2.05 bits per heavy atom. The molecule has 0 unspecified atom stereocenters. The monoisotopic (exact) mass is 286 g/mol. The van der Waals surface area contributed by atoms with E-state index in [1.54, 1.807) is 12.3 Å². The van der Waals surface area contributed by atoms with Gasteiger partial charge in [0.2, 0.25) is 5.91 Å². The first kappa shape index (κ1) is 15.3. The third-order valence-electron chi connectivity index (χ3n) is 2.11. The summed E-state index contributed by atoms with van der Waals surface area (Å²) < 4.78 is 18.5. The van der Waals surface area contributed by atoms with Gasteiger partial charge in [0.1, 0.15) is 0 Å². The molecule has 7 heteroatoms. The summed E-state index contributed by atoms with van der Waals surface area (Å²) in [5, 5.41) is 0. The molecule has 0 saturated carbocycles. The summed E-state index contributed by atoms with van der Waals surface area (Å²) in [5.41, 5.74) is 4.44. The van der Waals surface area contributed by atoms with Crippen LogP contribution in [0.1, 0.15) is 6.92 Å². The minimum Gasteiger partial charge on any atom is -0.478 e. The van der Waals surface area contributed by atoms with Crippen LogP contribution in [0.5, 0.6) is 5.75 Å². The van der Waals surface area contributed by atoms with Crippen LogP contribution in [0, 0.1) is 5.82 Å². The highest BCUT2D eigenvalue weighted by Crippen LogP contribution is 2.16. The van der Waals surface area contributed by atoms with Gasteiger partial charge in [0.25, 0.3) is 5.91 Å². The van der Waals surface area contributed by atoms with Crippen LogP contribution in [0.25, 0.3) is 0 Å². The number of benzene rings is 1. The maximum Gasteiger partial charge on any atom is 0.279 e. The summed E-state index contributed by atoms with van der Waals surface area (Å²) in [4.78, 5) is 22.7.